The second-order valence-corrected chi connectivity index (χ2v) is 4.66. The molecule has 0 aromatic carbocycles. The van der Waals surface area contributed by atoms with Gasteiger partial charge in [0.05, 0.1) is 6.61 Å². The number of aromatic nitrogens is 2. The van der Waals surface area contributed by atoms with Crippen LogP contribution in [0.3, 0.4) is 0 Å². The lowest BCUT2D eigenvalue weighted by Crippen LogP contribution is -2.24. The van der Waals surface area contributed by atoms with Gasteiger partial charge in [0.1, 0.15) is 0 Å². The Bertz CT molecular complexity index is 351. The van der Waals surface area contributed by atoms with Gasteiger partial charge in [-0.25, -0.2) is 9.97 Å². The fraction of sp³-hybridized carbons (Fsp3) is 0.692. The van der Waals surface area contributed by atoms with Crippen molar-refractivity contribution in [3.8, 4) is 0 Å². The number of rotatable bonds is 8. The second-order valence-electron chi connectivity index (χ2n) is 4.66. The van der Waals surface area contributed by atoms with E-state index in [1.165, 1.54) is 12.8 Å². The maximum atomic E-state index is 5.31. The van der Waals surface area contributed by atoms with Crippen LogP contribution in [0.2, 0.25) is 0 Å². The summed E-state index contributed by atoms with van der Waals surface area (Å²) < 4.78 is 5.31. The van der Waals surface area contributed by atoms with Crippen molar-refractivity contribution < 1.29 is 4.74 Å². The van der Waals surface area contributed by atoms with Crippen LogP contribution >= 0.6 is 0 Å². The molecule has 1 N–H and O–H groups in total. The molecule has 5 nitrogen and oxygen atoms in total. The molecule has 0 aliphatic heterocycles. The van der Waals surface area contributed by atoms with Crippen LogP contribution in [0.5, 0.6) is 0 Å². The SMILES string of the molecule is CCOCCN(C)c1ncc(CNC2CC2)cn1. The maximum absolute atomic E-state index is 5.31. The zero-order chi connectivity index (χ0) is 12.8. The molecule has 1 fully saturated rings. The number of nitrogens with one attached hydrogen (secondary N) is 1. The minimum absolute atomic E-state index is 0.710. The Labute approximate surface area is 109 Å². The quantitative estimate of drug-likeness (QED) is 0.703. The molecule has 0 bridgehead atoms. The number of ether oxygens (including phenoxy) is 1. The Morgan fingerprint density at radius 2 is 2.11 bits per heavy atom. The van der Waals surface area contributed by atoms with Crippen molar-refractivity contribution in [2.24, 2.45) is 0 Å². The van der Waals surface area contributed by atoms with Gasteiger partial charge in [0.25, 0.3) is 0 Å². The molecular formula is C13H22N4O. The fourth-order valence-electron chi connectivity index (χ4n) is 1.63. The highest BCUT2D eigenvalue weighted by atomic mass is 16.5. The zero-order valence-electron chi connectivity index (χ0n) is 11.2. The maximum Gasteiger partial charge on any atom is 0.225 e. The molecule has 1 aliphatic carbocycles. The van der Waals surface area contributed by atoms with Gasteiger partial charge in [-0.3, -0.25) is 0 Å². The van der Waals surface area contributed by atoms with Crippen molar-refractivity contribution in [3.05, 3.63) is 18.0 Å². The fourth-order valence-corrected chi connectivity index (χ4v) is 1.63. The summed E-state index contributed by atoms with van der Waals surface area (Å²) in [6.07, 6.45) is 6.40. The highest BCUT2D eigenvalue weighted by Crippen LogP contribution is 2.19. The van der Waals surface area contributed by atoms with Crippen molar-refractivity contribution in [1.82, 2.24) is 15.3 Å². The normalized spacial score (nSPS) is 14.8. The second kappa shape index (κ2) is 6.66. The molecule has 18 heavy (non-hydrogen) atoms. The van der Waals surface area contributed by atoms with E-state index in [9.17, 15) is 0 Å². The molecule has 5 heteroatoms. The van der Waals surface area contributed by atoms with E-state index in [0.29, 0.717) is 6.61 Å². The summed E-state index contributed by atoms with van der Waals surface area (Å²) in [5.41, 5.74) is 1.14. The smallest absolute Gasteiger partial charge is 0.225 e. The lowest BCUT2D eigenvalue weighted by molar-refractivity contribution is 0.154. The van der Waals surface area contributed by atoms with Gasteiger partial charge in [0, 0.05) is 50.7 Å². The number of hydrogen-bond donors (Lipinski definition) is 1. The lowest BCUT2D eigenvalue weighted by Gasteiger charge is -2.16. The number of nitrogens with zero attached hydrogens (tertiary/aromatic N) is 3. The summed E-state index contributed by atoms with van der Waals surface area (Å²) in [5.74, 6) is 0.755. The Morgan fingerprint density at radius 3 is 2.72 bits per heavy atom. The minimum Gasteiger partial charge on any atom is -0.380 e. The number of likely N-dealkylation sites (N-methyl/N-ethyl adjacent to an activating group) is 1. The van der Waals surface area contributed by atoms with Crippen LogP contribution in [-0.4, -0.2) is 42.8 Å². The molecule has 1 aliphatic rings. The molecule has 0 spiro atoms. The van der Waals surface area contributed by atoms with Crippen LogP contribution < -0.4 is 10.2 Å². The summed E-state index contributed by atoms with van der Waals surface area (Å²) in [5, 5.41) is 3.45. The van der Waals surface area contributed by atoms with E-state index in [0.717, 1.165) is 37.3 Å². The van der Waals surface area contributed by atoms with Gasteiger partial charge in [-0.05, 0) is 19.8 Å². The van der Waals surface area contributed by atoms with Gasteiger partial charge in [-0.1, -0.05) is 0 Å². The molecule has 1 aromatic rings. The topological polar surface area (TPSA) is 50.3 Å². The molecule has 100 valence electrons. The van der Waals surface area contributed by atoms with Crippen LogP contribution in [0.4, 0.5) is 5.95 Å². The first kappa shape index (κ1) is 13.2. The molecule has 0 radical (unpaired) electrons. The number of hydrogen-bond acceptors (Lipinski definition) is 5. The van der Waals surface area contributed by atoms with Crippen LogP contribution in [-0.2, 0) is 11.3 Å². The van der Waals surface area contributed by atoms with Crippen LogP contribution in [0.25, 0.3) is 0 Å². The highest BCUT2D eigenvalue weighted by Gasteiger charge is 2.19. The van der Waals surface area contributed by atoms with E-state index in [2.05, 4.69) is 15.3 Å². The van der Waals surface area contributed by atoms with Crippen molar-refractivity contribution in [2.45, 2.75) is 32.4 Å². The van der Waals surface area contributed by atoms with Crippen molar-refractivity contribution in [3.63, 3.8) is 0 Å². The van der Waals surface area contributed by atoms with Gasteiger partial charge in [-0.15, -0.1) is 0 Å². The third-order valence-corrected chi connectivity index (χ3v) is 2.98. The Kier molecular flexibility index (Phi) is 4.90. The molecule has 1 heterocycles. The predicted octanol–water partition coefficient (Wildman–Crippen LogP) is 1.20. The summed E-state index contributed by atoms with van der Waals surface area (Å²) in [6, 6.07) is 0.721. The standard InChI is InChI=1S/C13H22N4O/c1-3-18-7-6-17(2)13-15-9-11(10-16-13)8-14-12-4-5-12/h9-10,12,14H,3-8H2,1-2H3. The first-order chi connectivity index (χ1) is 8.79. The van der Waals surface area contributed by atoms with Crippen molar-refractivity contribution >= 4 is 5.95 Å². The molecule has 0 atom stereocenters. The monoisotopic (exact) mass is 250 g/mol. The van der Waals surface area contributed by atoms with Gasteiger partial charge in [0.15, 0.2) is 0 Å². The van der Waals surface area contributed by atoms with Gasteiger partial charge in [-0.2, -0.15) is 0 Å². The molecular weight excluding hydrogens is 228 g/mol. The average molecular weight is 250 g/mol. The summed E-state index contributed by atoms with van der Waals surface area (Å²) in [6.45, 7) is 5.14. The number of anilines is 1. The largest absolute Gasteiger partial charge is 0.380 e. The molecule has 0 unspecified atom stereocenters. The first-order valence-electron chi connectivity index (χ1n) is 6.62. The first-order valence-corrected chi connectivity index (χ1v) is 6.62. The van der Waals surface area contributed by atoms with E-state index in [4.69, 9.17) is 4.74 Å². The van der Waals surface area contributed by atoms with Crippen molar-refractivity contribution in [2.75, 3.05) is 31.7 Å². The third kappa shape index (κ3) is 4.23. The summed E-state index contributed by atoms with van der Waals surface area (Å²) in [7, 11) is 1.98. The Morgan fingerprint density at radius 1 is 1.39 bits per heavy atom. The highest BCUT2D eigenvalue weighted by molar-refractivity contribution is 5.28. The van der Waals surface area contributed by atoms with E-state index >= 15 is 0 Å². The van der Waals surface area contributed by atoms with Crippen LogP contribution in [0, 0.1) is 0 Å². The predicted molar refractivity (Wildman–Crippen MR) is 71.7 cm³/mol. The molecule has 0 amide bonds. The van der Waals surface area contributed by atoms with Crippen LogP contribution in [0.1, 0.15) is 25.3 Å². The average Bonchev–Trinajstić information content (AvgIpc) is 3.21. The zero-order valence-corrected chi connectivity index (χ0v) is 11.2. The van der Waals surface area contributed by atoms with Gasteiger partial charge in [0.2, 0.25) is 5.95 Å². The Balaban J connectivity index is 1.77. The Hall–Kier alpha value is -1.20. The van der Waals surface area contributed by atoms with E-state index < -0.39 is 0 Å². The molecule has 0 saturated heterocycles. The molecule has 1 aromatic heterocycles. The van der Waals surface area contributed by atoms with E-state index in [1.54, 1.807) is 0 Å². The third-order valence-electron chi connectivity index (χ3n) is 2.98. The molecule has 1 saturated carbocycles. The van der Waals surface area contributed by atoms with Gasteiger partial charge < -0.3 is 15.0 Å². The van der Waals surface area contributed by atoms with E-state index in [-0.39, 0.29) is 0 Å². The summed E-state index contributed by atoms with van der Waals surface area (Å²) >= 11 is 0. The minimum atomic E-state index is 0.710. The van der Waals surface area contributed by atoms with E-state index in [1.807, 2.05) is 31.3 Å². The van der Waals surface area contributed by atoms with Gasteiger partial charge >= 0.3 is 0 Å². The summed E-state index contributed by atoms with van der Waals surface area (Å²) in [4.78, 5) is 10.8. The van der Waals surface area contributed by atoms with Crippen molar-refractivity contribution in [1.29, 1.82) is 0 Å². The van der Waals surface area contributed by atoms with Crippen LogP contribution in [0.15, 0.2) is 12.4 Å². The lowest BCUT2D eigenvalue weighted by atomic mass is 10.3. The molecule has 2 rings (SSSR count).